The number of anilines is 1. The predicted molar refractivity (Wildman–Crippen MR) is 155 cm³/mol. The maximum absolute atomic E-state index is 13.6. The van der Waals surface area contributed by atoms with E-state index in [1.807, 2.05) is 17.0 Å². The van der Waals surface area contributed by atoms with Gasteiger partial charge in [0.15, 0.2) is 5.84 Å². The number of hydrogen-bond acceptors (Lipinski definition) is 6. The molecule has 3 N–H and O–H groups in total. The van der Waals surface area contributed by atoms with Crippen LogP contribution < -0.4 is 10.1 Å². The summed E-state index contributed by atoms with van der Waals surface area (Å²) in [4.78, 5) is 35.2. The molecule has 2 aliphatic heterocycles. The number of amides is 2. The van der Waals surface area contributed by atoms with Gasteiger partial charge >= 0.3 is 0 Å². The Morgan fingerprint density at radius 2 is 1.93 bits per heavy atom. The highest BCUT2D eigenvalue weighted by atomic mass is 16.5. The number of pyridine rings is 1. The lowest BCUT2D eigenvalue weighted by atomic mass is 9.72. The molecule has 9 heteroatoms. The molecule has 5 rings (SSSR count). The highest BCUT2D eigenvalue weighted by molar-refractivity contribution is 6.08. The molecule has 3 aliphatic rings. The largest absolute Gasteiger partial charge is 0.496 e. The first kappa shape index (κ1) is 27.8. The molecule has 0 bridgehead atoms. The smallest absolute Gasteiger partial charge is 0.260 e. The van der Waals surface area contributed by atoms with Gasteiger partial charge in [0, 0.05) is 32.0 Å². The summed E-state index contributed by atoms with van der Waals surface area (Å²) in [7, 11) is 1.55. The monoisotopic (exact) mass is 544 g/mol. The van der Waals surface area contributed by atoms with Crippen LogP contribution in [0.3, 0.4) is 0 Å². The maximum atomic E-state index is 13.6. The lowest BCUT2D eigenvalue weighted by molar-refractivity contribution is -0.140. The lowest BCUT2D eigenvalue weighted by Gasteiger charge is -2.38. The van der Waals surface area contributed by atoms with Crippen LogP contribution in [0.25, 0.3) is 0 Å². The Kier molecular flexibility index (Phi) is 8.19. The average Bonchev–Trinajstić information content (AvgIpc) is 3.35. The number of aromatic nitrogens is 1. The number of amidine groups is 2. The van der Waals surface area contributed by atoms with Gasteiger partial charge in [-0.25, -0.2) is 4.98 Å². The van der Waals surface area contributed by atoms with Crippen molar-refractivity contribution in [3.8, 4) is 5.75 Å². The van der Waals surface area contributed by atoms with E-state index < -0.39 is 0 Å². The number of carbonyl (C=O) groups is 2. The maximum Gasteiger partial charge on any atom is 0.260 e. The quantitative estimate of drug-likeness (QED) is 0.316. The van der Waals surface area contributed by atoms with Gasteiger partial charge in [-0.1, -0.05) is 26.3 Å². The topological polar surface area (TPSA) is 122 Å². The van der Waals surface area contributed by atoms with Gasteiger partial charge in [0.2, 0.25) is 5.91 Å². The normalized spacial score (nSPS) is 17.9. The Balaban J connectivity index is 1.33. The number of hydrogen-bond donors (Lipinski definition) is 3. The van der Waals surface area contributed by atoms with E-state index in [4.69, 9.17) is 15.6 Å². The highest BCUT2D eigenvalue weighted by Gasteiger charge is 2.36. The fourth-order valence-electron chi connectivity index (χ4n) is 6.08. The van der Waals surface area contributed by atoms with E-state index in [9.17, 15) is 9.59 Å². The highest BCUT2D eigenvalue weighted by Crippen LogP contribution is 2.39. The van der Waals surface area contributed by atoms with Crippen molar-refractivity contribution < 1.29 is 14.3 Å². The van der Waals surface area contributed by atoms with E-state index >= 15 is 0 Å². The standard InChI is InChI=1S/C31H40N6O3/c1-19(2)15-23(20-7-4-8-20)31(39)36-14-12-21-17-26(40-3)24(16-22(21)18-36)30(38)35-28-11-5-9-25(34-28)29(33)37-13-6-10-27(37)32/h5,9,11,16-17,19-20,23,32-33H,4,6-8,10,12-15,18H2,1-3H3,(H,34,35,38). The molecular formula is C31H40N6O3. The Labute approximate surface area is 236 Å². The Bertz CT molecular complexity index is 1320. The van der Waals surface area contributed by atoms with Gasteiger partial charge in [-0.15, -0.1) is 0 Å². The summed E-state index contributed by atoms with van der Waals surface area (Å²) >= 11 is 0. The van der Waals surface area contributed by atoms with Crippen molar-refractivity contribution in [3.63, 3.8) is 0 Å². The molecule has 2 fully saturated rings. The third kappa shape index (κ3) is 5.74. The first-order chi connectivity index (χ1) is 19.2. The second-order valence-electron chi connectivity index (χ2n) is 11.7. The summed E-state index contributed by atoms with van der Waals surface area (Å²) in [5.74, 6) is 2.32. The summed E-state index contributed by atoms with van der Waals surface area (Å²) in [5, 5.41) is 19.4. The lowest BCUT2D eigenvalue weighted by Crippen LogP contribution is -2.43. The molecule has 1 saturated heterocycles. The molecule has 1 atom stereocenters. The molecule has 1 saturated carbocycles. The zero-order valence-corrected chi connectivity index (χ0v) is 23.8. The van der Waals surface area contributed by atoms with Gasteiger partial charge in [0.05, 0.1) is 12.7 Å². The Morgan fingerprint density at radius 3 is 2.58 bits per heavy atom. The van der Waals surface area contributed by atoms with E-state index in [0.29, 0.717) is 66.6 Å². The van der Waals surface area contributed by atoms with Crippen LogP contribution in [0, 0.1) is 28.6 Å². The van der Waals surface area contributed by atoms with Crippen LogP contribution in [0.5, 0.6) is 5.75 Å². The molecule has 0 radical (unpaired) electrons. The fraction of sp³-hybridized carbons (Fsp3) is 0.516. The molecule has 212 valence electrons. The van der Waals surface area contributed by atoms with Crippen molar-refractivity contribution in [1.29, 1.82) is 10.8 Å². The molecule has 1 aromatic heterocycles. The molecule has 2 aromatic rings. The van der Waals surface area contributed by atoms with E-state index in [-0.39, 0.29) is 23.6 Å². The van der Waals surface area contributed by atoms with Crippen LogP contribution in [0.15, 0.2) is 30.3 Å². The molecule has 3 heterocycles. The third-order valence-electron chi connectivity index (χ3n) is 8.48. The molecular weight excluding hydrogens is 504 g/mol. The molecule has 1 aliphatic carbocycles. The van der Waals surface area contributed by atoms with E-state index in [2.05, 4.69) is 24.1 Å². The summed E-state index contributed by atoms with van der Waals surface area (Å²) < 4.78 is 5.60. The van der Waals surface area contributed by atoms with Crippen molar-refractivity contribution in [3.05, 3.63) is 52.7 Å². The predicted octanol–water partition coefficient (Wildman–Crippen LogP) is 5.09. The second-order valence-corrected chi connectivity index (χ2v) is 11.7. The van der Waals surface area contributed by atoms with Gasteiger partial charge in [-0.2, -0.15) is 0 Å². The first-order valence-electron chi connectivity index (χ1n) is 14.5. The van der Waals surface area contributed by atoms with Crippen molar-refractivity contribution in [2.45, 2.75) is 65.3 Å². The summed E-state index contributed by atoms with van der Waals surface area (Å²) in [5.41, 5.74) is 2.86. The fourth-order valence-corrected chi connectivity index (χ4v) is 6.08. The molecule has 1 unspecified atom stereocenters. The van der Waals surface area contributed by atoms with Gasteiger partial charge < -0.3 is 19.9 Å². The summed E-state index contributed by atoms with van der Waals surface area (Å²) in [6.07, 6.45) is 6.65. The number of nitrogens with one attached hydrogen (secondary N) is 3. The summed E-state index contributed by atoms with van der Waals surface area (Å²) in [6, 6.07) is 8.91. The van der Waals surface area contributed by atoms with E-state index in [1.165, 1.54) is 6.42 Å². The van der Waals surface area contributed by atoms with Crippen molar-refractivity contribution in [2.24, 2.45) is 17.8 Å². The molecule has 2 amide bonds. The number of fused-ring (bicyclic) bond motifs is 1. The van der Waals surface area contributed by atoms with Crippen LogP contribution in [0.4, 0.5) is 5.82 Å². The van der Waals surface area contributed by atoms with Gasteiger partial charge in [-0.3, -0.25) is 20.4 Å². The molecule has 40 heavy (non-hydrogen) atoms. The Hall–Kier alpha value is -3.75. The van der Waals surface area contributed by atoms with Crippen LogP contribution in [0.1, 0.15) is 79.6 Å². The average molecular weight is 545 g/mol. The van der Waals surface area contributed by atoms with E-state index in [1.54, 1.807) is 30.2 Å². The SMILES string of the molecule is COc1cc2c(cc1C(=O)Nc1cccc(C(=N)N3CCCC3=N)n1)CN(C(=O)C(CC(C)C)C1CCC1)CC2. The molecule has 1 aromatic carbocycles. The third-order valence-corrected chi connectivity index (χ3v) is 8.48. The number of likely N-dealkylation sites (tertiary alicyclic amines) is 1. The second kappa shape index (κ2) is 11.8. The number of benzene rings is 1. The van der Waals surface area contributed by atoms with Gasteiger partial charge in [0.1, 0.15) is 23.1 Å². The number of rotatable bonds is 8. The summed E-state index contributed by atoms with van der Waals surface area (Å²) in [6.45, 7) is 6.17. The zero-order valence-electron chi connectivity index (χ0n) is 23.8. The molecule has 9 nitrogen and oxygen atoms in total. The van der Waals surface area contributed by atoms with Gasteiger partial charge in [0.25, 0.3) is 5.91 Å². The minimum atomic E-state index is -0.361. The number of nitrogens with zero attached hydrogens (tertiary/aromatic N) is 3. The molecule has 0 spiro atoms. The first-order valence-corrected chi connectivity index (χ1v) is 14.5. The zero-order chi connectivity index (χ0) is 28.4. The number of ether oxygens (including phenoxy) is 1. The van der Waals surface area contributed by atoms with Crippen molar-refractivity contribution >= 4 is 29.3 Å². The van der Waals surface area contributed by atoms with Crippen LogP contribution >= 0.6 is 0 Å². The number of carbonyl (C=O) groups excluding carboxylic acids is 2. The Morgan fingerprint density at radius 1 is 1.12 bits per heavy atom. The van der Waals surface area contributed by atoms with E-state index in [0.717, 1.165) is 43.2 Å². The van der Waals surface area contributed by atoms with Crippen LogP contribution in [-0.2, 0) is 17.8 Å². The minimum Gasteiger partial charge on any atom is -0.496 e. The van der Waals surface area contributed by atoms with Crippen LogP contribution in [0.2, 0.25) is 0 Å². The van der Waals surface area contributed by atoms with Crippen molar-refractivity contribution in [1.82, 2.24) is 14.8 Å². The van der Waals surface area contributed by atoms with Gasteiger partial charge in [-0.05, 0) is 79.3 Å². The minimum absolute atomic E-state index is 0.0812. The van der Waals surface area contributed by atoms with Crippen molar-refractivity contribution in [2.75, 3.05) is 25.5 Å². The number of methoxy groups -OCH3 is 1. The van der Waals surface area contributed by atoms with Crippen LogP contribution in [-0.4, -0.2) is 58.5 Å².